The normalized spacial score (nSPS) is 10.6. The highest BCUT2D eigenvalue weighted by Crippen LogP contribution is 2.28. The molecular weight excluding hydrogens is 330 g/mol. The molecule has 1 heterocycles. The number of hydrogen-bond acceptors (Lipinski definition) is 3. The van der Waals surface area contributed by atoms with Crippen LogP contribution >= 0.6 is 15.9 Å². The Bertz CT molecular complexity index is 608. The Morgan fingerprint density at radius 2 is 2.10 bits per heavy atom. The summed E-state index contributed by atoms with van der Waals surface area (Å²) in [5, 5.41) is 3.05. The van der Waals surface area contributed by atoms with Gasteiger partial charge >= 0.3 is 0 Å². The van der Waals surface area contributed by atoms with Crippen molar-refractivity contribution >= 4 is 15.9 Å². The number of ether oxygens (including phenoxy) is 1. The lowest BCUT2D eigenvalue weighted by molar-refractivity contribution is 0.418. The molecule has 6 heteroatoms. The maximum Gasteiger partial charge on any atom is 0.224 e. The van der Waals surface area contributed by atoms with Gasteiger partial charge in [0.15, 0.2) is 11.6 Å². The van der Waals surface area contributed by atoms with Gasteiger partial charge in [-0.3, -0.25) is 0 Å². The van der Waals surface area contributed by atoms with E-state index in [2.05, 4.69) is 26.2 Å². The Kier molecular flexibility index (Phi) is 5.03. The van der Waals surface area contributed by atoms with Gasteiger partial charge < -0.3 is 10.1 Å². The topological polar surface area (TPSA) is 34.2 Å². The van der Waals surface area contributed by atoms with E-state index >= 15 is 0 Å². The van der Waals surface area contributed by atoms with Crippen LogP contribution in [-0.4, -0.2) is 11.5 Å². The summed E-state index contributed by atoms with van der Waals surface area (Å²) in [5.41, 5.74) is 0.536. The molecule has 0 amide bonds. The van der Waals surface area contributed by atoms with Crippen LogP contribution in [0.5, 0.6) is 11.6 Å². The van der Waals surface area contributed by atoms with Gasteiger partial charge in [-0.05, 0) is 30.8 Å². The first kappa shape index (κ1) is 14.9. The maximum atomic E-state index is 13.7. The Balaban J connectivity index is 2.27. The third-order valence-electron chi connectivity index (χ3n) is 2.56. The number of rotatable bonds is 5. The molecule has 0 unspecified atom stereocenters. The molecule has 0 saturated heterocycles. The lowest BCUT2D eigenvalue weighted by Gasteiger charge is -2.11. The van der Waals surface area contributed by atoms with Crippen LogP contribution in [-0.2, 0) is 6.54 Å². The van der Waals surface area contributed by atoms with Crippen molar-refractivity contribution in [3.8, 4) is 11.6 Å². The second-order valence-corrected chi connectivity index (χ2v) is 4.99. The molecule has 1 aromatic heterocycles. The van der Waals surface area contributed by atoms with Gasteiger partial charge in [0.2, 0.25) is 5.88 Å². The number of pyridine rings is 1. The van der Waals surface area contributed by atoms with Crippen LogP contribution < -0.4 is 10.1 Å². The van der Waals surface area contributed by atoms with E-state index in [4.69, 9.17) is 4.74 Å². The first-order chi connectivity index (χ1) is 9.60. The Morgan fingerprint density at radius 1 is 1.30 bits per heavy atom. The van der Waals surface area contributed by atoms with Crippen LogP contribution in [0, 0.1) is 11.6 Å². The van der Waals surface area contributed by atoms with E-state index in [9.17, 15) is 8.78 Å². The summed E-state index contributed by atoms with van der Waals surface area (Å²) in [6.07, 6.45) is 1.04. The molecule has 0 saturated carbocycles. The highest BCUT2D eigenvalue weighted by Gasteiger charge is 2.11. The third kappa shape index (κ3) is 3.74. The van der Waals surface area contributed by atoms with Gasteiger partial charge in [0.1, 0.15) is 5.82 Å². The molecule has 3 nitrogen and oxygen atoms in total. The van der Waals surface area contributed by atoms with Gasteiger partial charge in [0.25, 0.3) is 0 Å². The second-order valence-electron chi connectivity index (χ2n) is 4.07. The van der Waals surface area contributed by atoms with E-state index in [1.807, 2.05) is 6.92 Å². The smallest absolute Gasteiger partial charge is 0.224 e. The molecule has 0 bridgehead atoms. The number of aromatic nitrogens is 1. The molecule has 0 aliphatic heterocycles. The molecule has 1 aromatic carbocycles. The quantitative estimate of drug-likeness (QED) is 0.890. The van der Waals surface area contributed by atoms with Crippen molar-refractivity contribution in [3.05, 3.63) is 52.1 Å². The molecule has 0 radical (unpaired) electrons. The number of benzene rings is 1. The molecule has 1 N–H and O–H groups in total. The predicted molar refractivity (Wildman–Crippen MR) is 75.7 cm³/mol. The van der Waals surface area contributed by atoms with E-state index in [0.717, 1.165) is 12.7 Å². The summed E-state index contributed by atoms with van der Waals surface area (Å²) in [6.45, 7) is 3.05. The second kappa shape index (κ2) is 6.76. The molecule has 20 heavy (non-hydrogen) atoms. The zero-order chi connectivity index (χ0) is 14.5. The maximum absolute atomic E-state index is 13.7. The van der Waals surface area contributed by atoms with E-state index < -0.39 is 11.6 Å². The number of hydrogen-bond donors (Lipinski definition) is 1. The highest BCUT2D eigenvalue weighted by molar-refractivity contribution is 9.10. The van der Waals surface area contributed by atoms with Crippen molar-refractivity contribution in [2.24, 2.45) is 0 Å². The van der Waals surface area contributed by atoms with E-state index in [1.165, 1.54) is 18.2 Å². The minimum Gasteiger partial charge on any atom is -0.436 e. The highest BCUT2D eigenvalue weighted by atomic mass is 79.9. The van der Waals surface area contributed by atoms with Crippen molar-refractivity contribution < 1.29 is 13.5 Å². The SMILES string of the molecule is CCNCc1cc(F)cnc1Oc1ccc(Br)cc1F. The molecule has 0 aliphatic carbocycles. The molecule has 0 aliphatic rings. The van der Waals surface area contributed by atoms with E-state index in [1.54, 1.807) is 6.07 Å². The third-order valence-corrected chi connectivity index (χ3v) is 3.05. The van der Waals surface area contributed by atoms with Gasteiger partial charge in [-0.2, -0.15) is 0 Å². The van der Waals surface area contributed by atoms with E-state index in [-0.39, 0.29) is 11.6 Å². The Morgan fingerprint density at radius 3 is 2.80 bits per heavy atom. The molecule has 0 fully saturated rings. The first-order valence-corrected chi connectivity index (χ1v) is 6.87. The van der Waals surface area contributed by atoms with Gasteiger partial charge in [-0.15, -0.1) is 0 Å². The molecule has 2 rings (SSSR count). The average Bonchev–Trinajstić information content (AvgIpc) is 2.41. The number of halogens is 3. The monoisotopic (exact) mass is 342 g/mol. The van der Waals surface area contributed by atoms with Crippen molar-refractivity contribution in [2.45, 2.75) is 13.5 Å². The lowest BCUT2D eigenvalue weighted by atomic mass is 10.2. The van der Waals surface area contributed by atoms with Crippen LogP contribution in [0.25, 0.3) is 0 Å². The average molecular weight is 343 g/mol. The van der Waals surface area contributed by atoms with Gasteiger partial charge in [0.05, 0.1) is 6.20 Å². The molecule has 106 valence electrons. The summed E-state index contributed by atoms with van der Waals surface area (Å²) in [7, 11) is 0. The first-order valence-electron chi connectivity index (χ1n) is 6.08. The molecule has 0 atom stereocenters. The van der Waals surface area contributed by atoms with Gasteiger partial charge in [0, 0.05) is 16.6 Å². The Hall–Kier alpha value is -1.53. The minimum atomic E-state index is -0.514. The van der Waals surface area contributed by atoms with E-state index in [0.29, 0.717) is 16.6 Å². The fourth-order valence-corrected chi connectivity index (χ4v) is 1.94. The summed E-state index contributed by atoms with van der Waals surface area (Å²) < 4.78 is 33.0. The zero-order valence-electron chi connectivity index (χ0n) is 10.8. The Labute approximate surface area is 124 Å². The summed E-state index contributed by atoms with van der Waals surface area (Å²) in [5.74, 6) is -0.736. The van der Waals surface area contributed by atoms with Crippen LogP contribution in [0.3, 0.4) is 0 Å². The molecule has 2 aromatic rings. The van der Waals surface area contributed by atoms with Gasteiger partial charge in [-0.1, -0.05) is 22.9 Å². The number of nitrogens with zero attached hydrogens (tertiary/aromatic N) is 1. The van der Waals surface area contributed by atoms with Crippen molar-refractivity contribution in [3.63, 3.8) is 0 Å². The van der Waals surface area contributed by atoms with Crippen molar-refractivity contribution in [2.75, 3.05) is 6.54 Å². The lowest BCUT2D eigenvalue weighted by Crippen LogP contribution is -2.13. The molecular formula is C14H13BrF2N2O. The standard InChI is InChI=1S/C14H13BrF2N2O/c1-2-18-7-9-5-11(16)8-19-14(9)20-13-4-3-10(15)6-12(13)17/h3-6,8,18H,2,7H2,1H3. The van der Waals surface area contributed by atoms with Crippen molar-refractivity contribution in [1.29, 1.82) is 0 Å². The van der Waals surface area contributed by atoms with Crippen LogP contribution in [0.15, 0.2) is 34.9 Å². The number of nitrogens with one attached hydrogen (secondary N) is 1. The van der Waals surface area contributed by atoms with Crippen LogP contribution in [0.1, 0.15) is 12.5 Å². The minimum absolute atomic E-state index is 0.0463. The van der Waals surface area contributed by atoms with Gasteiger partial charge in [-0.25, -0.2) is 13.8 Å². The van der Waals surface area contributed by atoms with Crippen LogP contribution in [0.4, 0.5) is 8.78 Å². The molecule has 0 spiro atoms. The summed E-state index contributed by atoms with van der Waals surface area (Å²) >= 11 is 3.17. The van der Waals surface area contributed by atoms with Crippen molar-refractivity contribution in [1.82, 2.24) is 10.3 Å². The fraction of sp³-hybridized carbons (Fsp3) is 0.214. The summed E-state index contributed by atoms with van der Waals surface area (Å²) in [4.78, 5) is 3.87. The summed E-state index contributed by atoms with van der Waals surface area (Å²) in [6, 6.07) is 5.76. The fourth-order valence-electron chi connectivity index (χ4n) is 1.61. The largest absolute Gasteiger partial charge is 0.436 e. The predicted octanol–water partition coefficient (Wildman–Crippen LogP) is 4.02. The zero-order valence-corrected chi connectivity index (χ0v) is 12.4. The van der Waals surface area contributed by atoms with Crippen LogP contribution in [0.2, 0.25) is 0 Å².